The van der Waals surface area contributed by atoms with E-state index in [2.05, 4.69) is 29.7 Å². The van der Waals surface area contributed by atoms with E-state index >= 15 is 0 Å². The van der Waals surface area contributed by atoms with E-state index in [1.807, 2.05) is 44.3 Å². The highest BCUT2D eigenvalue weighted by Crippen LogP contribution is 2.34. The molecule has 4 aromatic rings. The van der Waals surface area contributed by atoms with Gasteiger partial charge in [-0.1, -0.05) is 0 Å². The fourth-order valence-corrected chi connectivity index (χ4v) is 7.42. The van der Waals surface area contributed by atoms with Gasteiger partial charge < -0.3 is 29.6 Å². The van der Waals surface area contributed by atoms with Crippen molar-refractivity contribution >= 4 is 28.9 Å². The predicted octanol–water partition coefficient (Wildman–Crippen LogP) is 3.31. The molecule has 0 spiro atoms. The number of aryl methyl sites for hydroxylation is 2. The summed E-state index contributed by atoms with van der Waals surface area (Å²) in [5.41, 5.74) is 5.58. The summed E-state index contributed by atoms with van der Waals surface area (Å²) in [6.45, 7) is 8.54. The van der Waals surface area contributed by atoms with Crippen LogP contribution in [-0.2, 0) is 33.0 Å². The molecule has 0 atom stereocenters. The van der Waals surface area contributed by atoms with E-state index in [-0.39, 0.29) is 18.1 Å². The van der Waals surface area contributed by atoms with Crippen LogP contribution in [0.15, 0.2) is 53.7 Å². The van der Waals surface area contributed by atoms with Crippen LogP contribution < -0.4 is 20.7 Å². The number of nitrogens with zero attached hydrogens (tertiary/aromatic N) is 7. The van der Waals surface area contributed by atoms with Crippen LogP contribution in [-0.4, -0.2) is 85.0 Å². The summed E-state index contributed by atoms with van der Waals surface area (Å²) in [7, 11) is 1.69. The van der Waals surface area contributed by atoms with Gasteiger partial charge in [0.25, 0.3) is 11.5 Å². The topological polar surface area (TPSA) is 132 Å². The highest BCUT2D eigenvalue weighted by Gasteiger charge is 2.32. The lowest BCUT2D eigenvalue weighted by molar-refractivity contribution is 0.0345. The van der Waals surface area contributed by atoms with E-state index in [1.165, 1.54) is 15.8 Å². The van der Waals surface area contributed by atoms with Gasteiger partial charge in [-0.05, 0) is 81.0 Å². The Balaban J connectivity index is 1.11. The smallest absolute Gasteiger partial charge is 0.276 e. The lowest BCUT2D eigenvalue weighted by Gasteiger charge is -2.38. The van der Waals surface area contributed by atoms with Crippen LogP contribution in [0.5, 0.6) is 0 Å². The number of aromatic nitrogens is 4. The molecule has 3 aliphatic rings. The van der Waals surface area contributed by atoms with Crippen LogP contribution in [0.1, 0.15) is 54.0 Å². The lowest BCUT2D eigenvalue weighted by Crippen LogP contribution is -2.50. The summed E-state index contributed by atoms with van der Waals surface area (Å²) < 4.78 is 3.67. The Morgan fingerprint density at radius 2 is 1.75 bits per heavy atom. The van der Waals surface area contributed by atoms with Crippen molar-refractivity contribution in [3.05, 3.63) is 81.8 Å². The van der Waals surface area contributed by atoms with E-state index in [4.69, 9.17) is 0 Å². The summed E-state index contributed by atoms with van der Waals surface area (Å²) in [6, 6.07) is 9.47. The largest absolute Gasteiger partial charge is 0.392 e. The summed E-state index contributed by atoms with van der Waals surface area (Å²) in [5.74, 6) is 0.867. The minimum Gasteiger partial charge on any atom is -0.392 e. The maximum Gasteiger partial charge on any atom is 0.276 e. The zero-order valence-corrected chi connectivity index (χ0v) is 27.9. The van der Waals surface area contributed by atoms with Crippen LogP contribution in [0.25, 0.3) is 11.1 Å². The van der Waals surface area contributed by atoms with Crippen molar-refractivity contribution < 1.29 is 15.0 Å². The van der Waals surface area contributed by atoms with Crippen LogP contribution in [0.3, 0.4) is 0 Å². The normalized spacial score (nSPS) is 17.0. The van der Waals surface area contributed by atoms with Crippen molar-refractivity contribution in [1.29, 1.82) is 0 Å². The van der Waals surface area contributed by atoms with Crippen molar-refractivity contribution in [3.63, 3.8) is 0 Å². The number of fused-ring (bicyclic) bond motifs is 3. The van der Waals surface area contributed by atoms with Crippen LogP contribution in [0.4, 0.5) is 23.0 Å². The highest BCUT2D eigenvalue weighted by molar-refractivity contribution is 6.06. The molecule has 12 heteroatoms. The lowest BCUT2D eigenvalue weighted by atomic mass is 9.98. The van der Waals surface area contributed by atoms with Gasteiger partial charge in [-0.2, -0.15) is 0 Å². The number of nitrogens with one attached hydrogen (secondary N) is 1. The van der Waals surface area contributed by atoms with Gasteiger partial charge in [-0.25, -0.2) is 9.97 Å². The molecule has 2 aliphatic heterocycles. The van der Waals surface area contributed by atoms with E-state index in [0.717, 1.165) is 57.5 Å². The van der Waals surface area contributed by atoms with Gasteiger partial charge in [0.1, 0.15) is 23.0 Å². The van der Waals surface area contributed by atoms with Crippen LogP contribution in [0, 0.1) is 0 Å². The van der Waals surface area contributed by atoms with E-state index in [9.17, 15) is 19.8 Å². The SMILES string of the molecule is Cn1cc(-c2ccnc(N3CCn4c(cc5c4CCCC5)C3=O)c2CO)cc(Nc2ccc(N3CCN(CC(C)(C)O)CC3)cn2)c1=O. The molecule has 1 saturated heterocycles. The van der Waals surface area contributed by atoms with Crippen LogP contribution >= 0.6 is 0 Å². The Hall–Kier alpha value is -4.52. The number of hydrogen-bond acceptors (Lipinski definition) is 9. The number of aliphatic hydroxyl groups is 2. The number of rotatable bonds is 8. The molecule has 7 rings (SSSR count). The second kappa shape index (κ2) is 12.8. The highest BCUT2D eigenvalue weighted by atomic mass is 16.3. The van der Waals surface area contributed by atoms with Gasteiger partial charge in [0, 0.05) is 82.1 Å². The number of pyridine rings is 3. The molecule has 0 bridgehead atoms. The first-order chi connectivity index (χ1) is 23.1. The van der Waals surface area contributed by atoms with Crippen molar-refractivity contribution in [3.8, 4) is 11.1 Å². The first kappa shape index (κ1) is 32.0. The molecule has 6 heterocycles. The Bertz CT molecular complexity index is 1880. The third kappa shape index (κ3) is 6.23. The number of carbonyl (C=O) groups is 1. The van der Waals surface area contributed by atoms with Gasteiger partial charge in [0.15, 0.2) is 0 Å². The Kier molecular flexibility index (Phi) is 8.57. The quantitative estimate of drug-likeness (QED) is 0.262. The number of piperazine rings is 1. The fourth-order valence-electron chi connectivity index (χ4n) is 7.42. The molecule has 12 nitrogen and oxygen atoms in total. The monoisotopic (exact) mass is 652 g/mol. The maximum absolute atomic E-state index is 13.8. The molecule has 0 saturated carbocycles. The molecule has 0 unspecified atom stereocenters. The molecular weight excluding hydrogens is 608 g/mol. The number of carbonyl (C=O) groups excluding carboxylic acids is 1. The second-order valence-electron chi connectivity index (χ2n) is 13.8. The number of aliphatic hydroxyl groups excluding tert-OH is 1. The molecule has 3 N–H and O–H groups in total. The maximum atomic E-state index is 13.8. The fraction of sp³-hybridized carbons (Fsp3) is 0.444. The molecule has 0 radical (unpaired) electrons. The average Bonchev–Trinajstić information content (AvgIpc) is 3.46. The van der Waals surface area contributed by atoms with Gasteiger partial charge in [-0.3, -0.25) is 19.4 Å². The molecule has 4 aromatic heterocycles. The van der Waals surface area contributed by atoms with Gasteiger partial charge in [0.05, 0.1) is 24.1 Å². The van der Waals surface area contributed by atoms with Crippen molar-refractivity contribution in [2.75, 3.05) is 54.4 Å². The number of anilines is 4. The summed E-state index contributed by atoms with van der Waals surface area (Å²) >= 11 is 0. The third-order valence-electron chi connectivity index (χ3n) is 9.72. The van der Waals surface area contributed by atoms with E-state index < -0.39 is 5.60 Å². The van der Waals surface area contributed by atoms with E-state index in [1.54, 1.807) is 30.4 Å². The Labute approximate surface area is 280 Å². The molecule has 0 aromatic carbocycles. The number of amides is 1. The van der Waals surface area contributed by atoms with Crippen molar-refractivity contribution in [2.24, 2.45) is 7.05 Å². The first-order valence-electron chi connectivity index (χ1n) is 16.9. The minimum atomic E-state index is -0.718. The van der Waals surface area contributed by atoms with Crippen molar-refractivity contribution in [2.45, 2.75) is 58.3 Å². The molecular formula is C36H44N8O4. The standard InChI is InChI=1S/C36H44N8O4/c1-36(2,48)23-41-12-14-42(15-13-41)26-8-9-32(38-20-26)39-29-18-25(21-40(3)34(29)46)27-10-11-37-33(28(27)22-45)44-17-16-43-30-7-5-4-6-24(30)19-31(43)35(44)47/h8-11,18-21,45,48H,4-7,12-17,22-23H2,1-3H3,(H,38,39). The predicted molar refractivity (Wildman–Crippen MR) is 186 cm³/mol. The van der Waals surface area contributed by atoms with Crippen molar-refractivity contribution in [1.82, 2.24) is 24.0 Å². The zero-order chi connectivity index (χ0) is 33.6. The molecule has 48 heavy (non-hydrogen) atoms. The summed E-state index contributed by atoms with van der Waals surface area (Å²) in [6.07, 6.45) is 9.49. The molecule has 1 aliphatic carbocycles. The number of β-amino-alcohol motifs (C(OH)–C–C–N with tert-alkyl or cyclic N) is 1. The molecule has 252 valence electrons. The van der Waals surface area contributed by atoms with E-state index in [0.29, 0.717) is 59.3 Å². The van der Waals surface area contributed by atoms with Gasteiger partial charge in [-0.15, -0.1) is 0 Å². The Morgan fingerprint density at radius 3 is 2.48 bits per heavy atom. The first-order valence-corrected chi connectivity index (χ1v) is 16.9. The number of hydrogen-bond donors (Lipinski definition) is 3. The second-order valence-corrected chi connectivity index (χ2v) is 13.8. The molecule has 1 fully saturated rings. The summed E-state index contributed by atoms with van der Waals surface area (Å²) in [5, 5.41) is 24.0. The summed E-state index contributed by atoms with van der Waals surface area (Å²) in [4.78, 5) is 42.5. The average molecular weight is 653 g/mol. The molecule has 1 amide bonds. The van der Waals surface area contributed by atoms with Crippen LogP contribution in [0.2, 0.25) is 0 Å². The third-order valence-corrected chi connectivity index (χ3v) is 9.72. The minimum absolute atomic E-state index is 0.108. The Morgan fingerprint density at radius 1 is 0.958 bits per heavy atom. The van der Waals surface area contributed by atoms with Gasteiger partial charge >= 0.3 is 0 Å². The van der Waals surface area contributed by atoms with Gasteiger partial charge in [0.2, 0.25) is 0 Å². The zero-order valence-electron chi connectivity index (χ0n) is 27.9.